The van der Waals surface area contributed by atoms with Crippen molar-refractivity contribution in [1.29, 1.82) is 0 Å². The molecule has 3 rings (SSSR count). The number of nitrogens with one attached hydrogen (secondary N) is 2. The Kier molecular flexibility index (Phi) is 7.07. The fraction of sp³-hybridized carbons (Fsp3) is 0.650. The van der Waals surface area contributed by atoms with Crippen molar-refractivity contribution in [2.24, 2.45) is 4.99 Å². The first-order valence-electron chi connectivity index (χ1n) is 10.1. The summed E-state index contributed by atoms with van der Waals surface area (Å²) < 4.78 is 28.1. The number of para-hydroxylation sites is 1. The van der Waals surface area contributed by atoms with Gasteiger partial charge in [0.1, 0.15) is 17.3 Å². The molecule has 2 aliphatic heterocycles. The topological polar surface area (TPSA) is 46.1 Å². The Morgan fingerprint density at radius 2 is 1.89 bits per heavy atom. The standard InChI is InChI=1S/C20H32F2N6/c1-4-23-20(24-12-16-14-26(2)10-11-27(16)3)25-15-8-9-28(13-15)19-17(21)6-5-7-18(19)22/h5-7,15-16H,4,8-14H2,1-3H3,(H2,23,24,25). The fourth-order valence-electron chi connectivity index (χ4n) is 3.88. The molecule has 28 heavy (non-hydrogen) atoms. The van der Waals surface area contributed by atoms with Gasteiger partial charge in [0.15, 0.2) is 5.96 Å². The fourth-order valence-corrected chi connectivity index (χ4v) is 3.88. The van der Waals surface area contributed by atoms with Crippen molar-refractivity contribution in [3.8, 4) is 0 Å². The van der Waals surface area contributed by atoms with Gasteiger partial charge in [-0.25, -0.2) is 8.78 Å². The Morgan fingerprint density at radius 1 is 1.14 bits per heavy atom. The van der Waals surface area contributed by atoms with Crippen molar-refractivity contribution in [3.05, 3.63) is 29.8 Å². The van der Waals surface area contributed by atoms with Crippen LogP contribution < -0.4 is 15.5 Å². The number of aliphatic imine (C=N–C) groups is 1. The quantitative estimate of drug-likeness (QED) is 0.583. The van der Waals surface area contributed by atoms with Crippen LogP contribution in [0.25, 0.3) is 0 Å². The lowest BCUT2D eigenvalue weighted by molar-refractivity contribution is 0.119. The summed E-state index contributed by atoms with van der Waals surface area (Å²) in [5.41, 5.74) is 0.0700. The maximum Gasteiger partial charge on any atom is 0.191 e. The molecular formula is C20H32F2N6. The molecule has 1 aromatic rings. The SMILES string of the molecule is CCNC(=NCC1CN(C)CCN1C)NC1CCN(c2c(F)cccc2F)C1. The molecule has 2 unspecified atom stereocenters. The highest BCUT2D eigenvalue weighted by molar-refractivity contribution is 5.80. The summed E-state index contributed by atoms with van der Waals surface area (Å²) in [6.45, 7) is 7.82. The summed E-state index contributed by atoms with van der Waals surface area (Å²) in [5.74, 6) is -0.249. The summed E-state index contributed by atoms with van der Waals surface area (Å²) in [6.07, 6.45) is 0.810. The van der Waals surface area contributed by atoms with Crippen molar-refractivity contribution in [2.75, 3.05) is 64.8 Å². The van der Waals surface area contributed by atoms with Gasteiger partial charge in [0.2, 0.25) is 0 Å². The molecule has 2 fully saturated rings. The molecule has 2 aliphatic rings. The van der Waals surface area contributed by atoms with Gasteiger partial charge >= 0.3 is 0 Å². The number of likely N-dealkylation sites (N-methyl/N-ethyl adjacent to an activating group) is 2. The van der Waals surface area contributed by atoms with Gasteiger partial charge in [-0.15, -0.1) is 0 Å². The number of rotatable bonds is 5. The first kappa shape index (κ1) is 20.8. The number of nitrogens with zero attached hydrogens (tertiary/aromatic N) is 4. The minimum atomic E-state index is -0.509. The molecule has 2 heterocycles. The summed E-state index contributed by atoms with van der Waals surface area (Å²) in [5, 5.41) is 6.73. The zero-order chi connectivity index (χ0) is 20.1. The highest BCUT2D eigenvalue weighted by Gasteiger charge is 2.27. The third-order valence-electron chi connectivity index (χ3n) is 5.57. The second-order valence-corrected chi connectivity index (χ2v) is 7.76. The predicted molar refractivity (Wildman–Crippen MR) is 110 cm³/mol. The Hall–Kier alpha value is -1.93. The number of anilines is 1. The van der Waals surface area contributed by atoms with Gasteiger partial charge in [0.05, 0.1) is 6.54 Å². The smallest absolute Gasteiger partial charge is 0.191 e. The van der Waals surface area contributed by atoms with Gasteiger partial charge in [-0.3, -0.25) is 9.89 Å². The molecule has 2 atom stereocenters. The van der Waals surface area contributed by atoms with Crippen LogP contribution in [0.4, 0.5) is 14.5 Å². The molecule has 2 N–H and O–H groups in total. The van der Waals surface area contributed by atoms with Crippen LogP contribution in [0.3, 0.4) is 0 Å². The maximum atomic E-state index is 14.1. The van der Waals surface area contributed by atoms with Crippen LogP contribution in [-0.4, -0.2) is 87.8 Å². The average molecular weight is 395 g/mol. The molecule has 0 spiro atoms. The van der Waals surface area contributed by atoms with Crippen molar-refractivity contribution >= 4 is 11.6 Å². The Labute approximate surface area is 166 Å². The molecule has 0 aliphatic carbocycles. The van der Waals surface area contributed by atoms with Crippen LogP contribution in [0, 0.1) is 11.6 Å². The minimum Gasteiger partial charge on any atom is -0.365 e. The molecule has 1 aromatic carbocycles. The van der Waals surface area contributed by atoms with Gasteiger partial charge in [0, 0.05) is 51.4 Å². The van der Waals surface area contributed by atoms with Crippen molar-refractivity contribution in [3.63, 3.8) is 0 Å². The van der Waals surface area contributed by atoms with Crippen molar-refractivity contribution < 1.29 is 8.78 Å². The number of benzene rings is 1. The monoisotopic (exact) mass is 394 g/mol. The summed E-state index contributed by atoms with van der Waals surface area (Å²) in [4.78, 5) is 11.2. The van der Waals surface area contributed by atoms with Gasteiger partial charge in [-0.05, 0) is 39.6 Å². The molecule has 0 bridgehead atoms. The van der Waals surface area contributed by atoms with Crippen LogP contribution in [-0.2, 0) is 0 Å². The molecule has 0 radical (unpaired) electrons. The van der Waals surface area contributed by atoms with Crippen LogP contribution in [0.2, 0.25) is 0 Å². The Bertz CT molecular complexity index is 662. The zero-order valence-electron chi connectivity index (χ0n) is 17.1. The van der Waals surface area contributed by atoms with E-state index in [4.69, 9.17) is 4.99 Å². The summed E-state index contributed by atoms with van der Waals surface area (Å²) in [7, 11) is 4.29. The Balaban J connectivity index is 1.60. The van der Waals surface area contributed by atoms with E-state index < -0.39 is 11.6 Å². The van der Waals surface area contributed by atoms with E-state index in [2.05, 4.69) is 34.5 Å². The highest BCUT2D eigenvalue weighted by atomic mass is 19.1. The number of piperazine rings is 1. The van der Waals surface area contributed by atoms with E-state index in [1.807, 2.05) is 6.92 Å². The van der Waals surface area contributed by atoms with Crippen molar-refractivity contribution in [1.82, 2.24) is 20.4 Å². The minimum absolute atomic E-state index is 0.0700. The van der Waals surface area contributed by atoms with Crippen LogP contribution in [0.15, 0.2) is 23.2 Å². The molecule has 0 amide bonds. The normalized spacial score (nSPS) is 24.6. The van der Waals surface area contributed by atoms with Gasteiger partial charge in [0.25, 0.3) is 0 Å². The third kappa shape index (κ3) is 5.11. The maximum absolute atomic E-state index is 14.1. The van der Waals surface area contributed by atoms with Gasteiger partial charge in [-0.2, -0.15) is 0 Å². The molecular weight excluding hydrogens is 362 g/mol. The lowest BCUT2D eigenvalue weighted by atomic mass is 10.2. The number of hydrogen-bond donors (Lipinski definition) is 2. The molecule has 2 saturated heterocycles. The lowest BCUT2D eigenvalue weighted by Gasteiger charge is -2.37. The van der Waals surface area contributed by atoms with E-state index in [1.165, 1.54) is 18.2 Å². The molecule has 0 aromatic heterocycles. The van der Waals surface area contributed by atoms with E-state index >= 15 is 0 Å². The third-order valence-corrected chi connectivity index (χ3v) is 5.57. The molecule has 8 heteroatoms. The Morgan fingerprint density at radius 3 is 2.61 bits per heavy atom. The van der Waals surface area contributed by atoms with E-state index in [0.717, 1.165) is 38.6 Å². The largest absolute Gasteiger partial charge is 0.365 e. The van der Waals surface area contributed by atoms with Gasteiger partial charge < -0.3 is 20.4 Å². The summed E-state index contributed by atoms with van der Waals surface area (Å²) >= 11 is 0. The first-order valence-corrected chi connectivity index (χ1v) is 10.1. The number of hydrogen-bond acceptors (Lipinski definition) is 4. The molecule has 0 saturated carbocycles. The second-order valence-electron chi connectivity index (χ2n) is 7.76. The van der Waals surface area contributed by atoms with E-state index in [9.17, 15) is 8.78 Å². The van der Waals surface area contributed by atoms with E-state index in [-0.39, 0.29) is 11.7 Å². The van der Waals surface area contributed by atoms with Crippen LogP contribution in [0.5, 0.6) is 0 Å². The average Bonchev–Trinajstić information content (AvgIpc) is 3.10. The van der Waals surface area contributed by atoms with Crippen LogP contribution in [0.1, 0.15) is 13.3 Å². The first-order chi connectivity index (χ1) is 13.5. The number of guanidine groups is 1. The number of halogens is 2. The lowest BCUT2D eigenvalue weighted by Crippen LogP contribution is -2.52. The van der Waals surface area contributed by atoms with E-state index in [1.54, 1.807) is 4.90 Å². The van der Waals surface area contributed by atoms with E-state index in [0.29, 0.717) is 25.7 Å². The van der Waals surface area contributed by atoms with Gasteiger partial charge in [-0.1, -0.05) is 6.07 Å². The highest BCUT2D eigenvalue weighted by Crippen LogP contribution is 2.26. The predicted octanol–water partition coefficient (Wildman–Crippen LogP) is 1.34. The molecule has 6 nitrogen and oxygen atoms in total. The van der Waals surface area contributed by atoms with Crippen molar-refractivity contribution in [2.45, 2.75) is 25.4 Å². The summed E-state index contributed by atoms with van der Waals surface area (Å²) in [6, 6.07) is 4.51. The zero-order valence-corrected chi connectivity index (χ0v) is 17.1. The molecule has 156 valence electrons. The second kappa shape index (κ2) is 9.52. The van der Waals surface area contributed by atoms with Crippen LogP contribution >= 0.6 is 0 Å².